The Labute approximate surface area is 166 Å². The zero-order valence-electron chi connectivity index (χ0n) is 15.5. The molecule has 1 aliphatic carbocycles. The van der Waals surface area contributed by atoms with Gasteiger partial charge in [-0.25, -0.2) is 14.4 Å². The van der Waals surface area contributed by atoms with Crippen molar-refractivity contribution in [1.29, 1.82) is 0 Å². The number of hydrogen-bond acceptors (Lipinski definition) is 7. The Morgan fingerprint density at radius 1 is 1.43 bits per heavy atom. The summed E-state index contributed by atoms with van der Waals surface area (Å²) < 4.78 is 19.0. The summed E-state index contributed by atoms with van der Waals surface area (Å²) in [7, 11) is 1.83. The second kappa shape index (κ2) is 7.38. The predicted molar refractivity (Wildman–Crippen MR) is 104 cm³/mol. The molecule has 0 aromatic carbocycles. The maximum absolute atomic E-state index is 13.4. The van der Waals surface area contributed by atoms with Crippen LogP contribution in [0.25, 0.3) is 0 Å². The molecule has 10 heteroatoms. The van der Waals surface area contributed by atoms with Gasteiger partial charge in [0.15, 0.2) is 16.8 Å². The van der Waals surface area contributed by atoms with Crippen LogP contribution in [0, 0.1) is 18.7 Å². The number of likely N-dealkylation sites (N-methyl/N-ethyl adjacent to an activating group) is 1. The summed E-state index contributed by atoms with van der Waals surface area (Å²) in [5.74, 6) is 1.33. The summed E-state index contributed by atoms with van der Waals surface area (Å²) in [4.78, 5) is 26.2. The molecule has 0 spiro atoms. The van der Waals surface area contributed by atoms with E-state index < -0.39 is 5.82 Å². The molecule has 0 atom stereocenters. The molecule has 1 amide bonds. The number of aromatic nitrogens is 3. The second-order valence-electron chi connectivity index (χ2n) is 7.17. The van der Waals surface area contributed by atoms with Gasteiger partial charge in [0, 0.05) is 19.2 Å². The summed E-state index contributed by atoms with van der Waals surface area (Å²) >= 11 is 5.56. The van der Waals surface area contributed by atoms with Crippen LogP contribution in [0.3, 0.4) is 0 Å². The highest BCUT2D eigenvalue weighted by Gasteiger charge is 2.31. The van der Waals surface area contributed by atoms with Gasteiger partial charge >= 0.3 is 0 Å². The summed E-state index contributed by atoms with van der Waals surface area (Å²) in [6.07, 6.45) is 3.21. The van der Waals surface area contributed by atoms with Crippen LogP contribution in [0.1, 0.15) is 18.5 Å². The Morgan fingerprint density at radius 2 is 2.21 bits per heavy atom. The smallest absolute Gasteiger partial charge is 0.244 e. The average molecular weight is 407 g/mol. The Kier molecular flexibility index (Phi) is 4.92. The zero-order chi connectivity index (χ0) is 19.8. The number of carbonyl (C=O) groups is 1. The van der Waals surface area contributed by atoms with Gasteiger partial charge in [-0.05, 0) is 25.7 Å². The zero-order valence-corrected chi connectivity index (χ0v) is 16.3. The summed E-state index contributed by atoms with van der Waals surface area (Å²) in [6.45, 7) is 2.60. The molecule has 0 saturated heterocycles. The number of rotatable bonds is 5. The van der Waals surface area contributed by atoms with E-state index in [0.29, 0.717) is 35.7 Å². The van der Waals surface area contributed by atoms with Crippen LogP contribution >= 0.6 is 11.6 Å². The van der Waals surface area contributed by atoms with E-state index >= 15 is 0 Å². The predicted octanol–water partition coefficient (Wildman–Crippen LogP) is 2.63. The molecule has 3 heterocycles. The summed E-state index contributed by atoms with van der Waals surface area (Å²) in [5.41, 5.74) is 1.39. The first-order valence-electron chi connectivity index (χ1n) is 8.99. The second-order valence-corrected chi connectivity index (χ2v) is 7.53. The van der Waals surface area contributed by atoms with Crippen molar-refractivity contribution >= 4 is 35.0 Å². The van der Waals surface area contributed by atoms with E-state index in [-0.39, 0.29) is 23.6 Å². The first-order chi connectivity index (χ1) is 13.4. The molecular formula is C18H20ClFN6O2. The Bertz CT molecular complexity index is 921. The van der Waals surface area contributed by atoms with Gasteiger partial charge in [0.05, 0.1) is 25.0 Å². The van der Waals surface area contributed by atoms with Crippen molar-refractivity contribution < 1.29 is 13.9 Å². The molecule has 8 nitrogen and oxygen atoms in total. The maximum atomic E-state index is 13.4. The topological polar surface area (TPSA) is 92.3 Å². The fourth-order valence-electron chi connectivity index (χ4n) is 3.38. The van der Waals surface area contributed by atoms with Crippen molar-refractivity contribution in [2.24, 2.45) is 5.92 Å². The quantitative estimate of drug-likeness (QED) is 0.737. The number of pyridine rings is 1. The van der Waals surface area contributed by atoms with E-state index in [1.54, 1.807) is 0 Å². The minimum absolute atomic E-state index is 0.0694. The summed E-state index contributed by atoms with van der Waals surface area (Å²) in [6, 6.07) is 1.48. The highest BCUT2D eigenvalue weighted by atomic mass is 35.5. The van der Waals surface area contributed by atoms with E-state index in [1.165, 1.54) is 12.3 Å². The van der Waals surface area contributed by atoms with Crippen LogP contribution in [0.2, 0.25) is 5.15 Å². The Balaban J connectivity index is 1.31. The SMILES string of the molecule is Cc1nc(N[C@H]2C[C@@H](COc3cnc(Cl)c(F)c3)C2)nc2c1NC(=O)CN2C. The number of anilines is 3. The van der Waals surface area contributed by atoms with Gasteiger partial charge in [-0.2, -0.15) is 4.98 Å². The normalized spacial score (nSPS) is 20.9. The number of ether oxygens (including phenoxy) is 1. The average Bonchev–Trinajstić information content (AvgIpc) is 2.61. The van der Waals surface area contributed by atoms with Crippen molar-refractivity contribution in [3.63, 3.8) is 0 Å². The van der Waals surface area contributed by atoms with Gasteiger partial charge in [0.25, 0.3) is 0 Å². The van der Waals surface area contributed by atoms with Crippen molar-refractivity contribution in [1.82, 2.24) is 15.0 Å². The highest BCUT2D eigenvalue weighted by Crippen LogP contribution is 2.33. The lowest BCUT2D eigenvalue weighted by Crippen LogP contribution is -2.40. The minimum Gasteiger partial charge on any atom is -0.492 e. The van der Waals surface area contributed by atoms with Gasteiger partial charge in [-0.3, -0.25) is 4.79 Å². The van der Waals surface area contributed by atoms with Crippen LogP contribution in [0.4, 0.5) is 21.8 Å². The molecule has 2 aliphatic rings. The molecule has 4 rings (SSSR count). The highest BCUT2D eigenvalue weighted by molar-refractivity contribution is 6.29. The number of nitrogens with one attached hydrogen (secondary N) is 2. The third-order valence-electron chi connectivity index (χ3n) is 4.90. The molecule has 0 radical (unpaired) electrons. The van der Waals surface area contributed by atoms with Crippen LogP contribution in [0.15, 0.2) is 12.3 Å². The van der Waals surface area contributed by atoms with Crippen molar-refractivity contribution in [2.75, 3.05) is 35.7 Å². The largest absolute Gasteiger partial charge is 0.492 e. The third kappa shape index (κ3) is 3.80. The van der Waals surface area contributed by atoms with Gasteiger partial charge in [-0.15, -0.1) is 0 Å². The molecule has 148 valence electrons. The minimum atomic E-state index is -0.589. The number of hydrogen-bond donors (Lipinski definition) is 2. The van der Waals surface area contributed by atoms with Gasteiger partial charge < -0.3 is 20.3 Å². The number of aryl methyl sites for hydroxylation is 1. The lowest BCUT2D eigenvalue weighted by Gasteiger charge is -2.36. The Hall–Kier alpha value is -2.68. The van der Waals surface area contributed by atoms with E-state index in [1.807, 2.05) is 18.9 Å². The van der Waals surface area contributed by atoms with E-state index in [2.05, 4.69) is 25.6 Å². The third-order valence-corrected chi connectivity index (χ3v) is 5.18. The molecule has 28 heavy (non-hydrogen) atoms. The fraction of sp³-hybridized carbons (Fsp3) is 0.444. The van der Waals surface area contributed by atoms with Crippen LogP contribution in [0.5, 0.6) is 5.75 Å². The number of fused-ring (bicyclic) bond motifs is 1. The standard InChI is InChI=1S/C18H20ClFN6O2/c1-9-15-17(26(2)7-14(27)24-15)25-18(22-9)23-11-3-10(4-11)8-28-12-5-13(20)16(19)21-6-12/h5-6,10-11H,3-4,7-8H2,1-2H3,(H,24,27)(H,22,23,25)/t10-,11+. The molecule has 2 aromatic heterocycles. The van der Waals surface area contributed by atoms with E-state index in [4.69, 9.17) is 16.3 Å². The monoisotopic (exact) mass is 406 g/mol. The molecule has 1 aliphatic heterocycles. The molecule has 1 fully saturated rings. The lowest BCUT2D eigenvalue weighted by molar-refractivity contribution is -0.115. The van der Waals surface area contributed by atoms with E-state index in [9.17, 15) is 9.18 Å². The van der Waals surface area contributed by atoms with Crippen molar-refractivity contribution in [3.8, 4) is 5.75 Å². The number of carbonyl (C=O) groups excluding carboxylic acids is 1. The molecule has 0 unspecified atom stereocenters. The van der Waals surface area contributed by atoms with Crippen LogP contribution < -0.4 is 20.3 Å². The first-order valence-corrected chi connectivity index (χ1v) is 9.37. The molecular weight excluding hydrogens is 387 g/mol. The fourth-order valence-corrected chi connectivity index (χ4v) is 3.49. The number of nitrogens with zero attached hydrogens (tertiary/aromatic N) is 4. The maximum Gasteiger partial charge on any atom is 0.244 e. The van der Waals surface area contributed by atoms with Gasteiger partial charge in [0.1, 0.15) is 11.4 Å². The van der Waals surface area contributed by atoms with Crippen molar-refractivity contribution in [3.05, 3.63) is 28.9 Å². The Morgan fingerprint density at radius 3 is 2.96 bits per heavy atom. The number of halogens is 2. The first kappa shape index (κ1) is 18.7. The molecule has 2 N–H and O–H groups in total. The van der Waals surface area contributed by atoms with Crippen molar-refractivity contribution in [2.45, 2.75) is 25.8 Å². The molecule has 2 aromatic rings. The summed E-state index contributed by atoms with van der Waals surface area (Å²) in [5, 5.41) is 6.00. The van der Waals surface area contributed by atoms with E-state index in [0.717, 1.165) is 18.5 Å². The van der Waals surface area contributed by atoms with Crippen LogP contribution in [-0.2, 0) is 4.79 Å². The molecule has 0 bridgehead atoms. The lowest BCUT2D eigenvalue weighted by atomic mass is 9.81. The molecule has 1 saturated carbocycles. The van der Waals surface area contributed by atoms with Crippen LogP contribution in [-0.4, -0.2) is 47.1 Å². The van der Waals surface area contributed by atoms with Gasteiger partial charge in [-0.1, -0.05) is 11.6 Å². The number of amides is 1. The van der Waals surface area contributed by atoms with Gasteiger partial charge in [0.2, 0.25) is 11.9 Å².